The number of carbonyl (C=O) groups excluding carboxylic acids is 1. The first kappa shape index (κ1) is 15.5. The lowest BCUT2D eigenvalue weighted by atomic mass is 10.2. The molecule has 0 fully saturated rings. The van der Waals surface area contributed by atoms with Gasteiger partial charge in [-0.1, -0.05) is 35.3 Å². The molecular formula is C16H10Cl2N2O3. The Bertz CT molecular complexity index is 900. The van der Waals surface area contributed by atoms with Gasteiger partial charge >= 0.3 is 5.97 Å². The van der Waals surface area contributed by atoms with E-state index >= 15 is 0 Å². The number of esters is 1. The first-order valence-corrected chi connectivity index (χ1v) is 7.31. The summed E-state index contributed by atoms with van der Waals surface area (Å²) in [5.41, 5.74) is 1.35. The smallest absolute Gasteiger partial charge is 0.350 e. The van der Waals surface area contributed by atoms with Crippen LogP contribution in [0.2, 0.25) is 10.0 Å². The van der Waals surface area contributed by atoms with E-state index in [1.165, 1.54) is 25.4 Å². The van der Waals surface area contributed by atoms with Crippen LogP contribution in [0.15, 0.2) is 42.6 Å². The van der Waals surface area contributed by atoms with Crippen LogP contribution in [0, 0.1) is 0 Å². The lowest BCUT2D eigenvalue weighted by Gasteiger charge is -2.11. The molecular weight excluding hydrogens is 339 g/mol. The third-order valence-corrected chi connectivity index (χ3v) is 3.70. The fourth-order valence-corrected chi connectivity index (χ4v) is 2.52. The predicted octanol–water partition coefficient (Wildman–Crippen LogP) is 4.16. The normalized spacial score (nSPS) is 10.6. The molecule has 116 valence electrons. The van der Waals surface area contributed by atoms with Crippen molar-refractivity contribution in [3.63, 3.8) is 0 Å². The molecule has 0 N–H and O–H groups in total. The van der Waals surface area contributed by atoms with Gasteiger partial charge in [0.2, 0.25) is 5.88 Å². The van der Waals surface area contributed by atoms with Crippen molar-refractivity contribution in [1.29, 1.82) is 0 Å². The van der Waals surface area contributed by atoms with E-state index in [0.29, 0.717) is 11.0 Å². The Morgan fingerprint density at radius 1 is 1.04 bits per heavy atom. The monoisotopic (exact) mass is 348 g/mol. The lowest BCUT2D eigenvalue weighted by Crippen LogP contribution is -2.12. The molecule has 0 radical (unpaired) electrons. The lowest BCUT2D eigenvalue weighted by molar-refractivity contribution is 0.0724. The molecule has 0 saturated heterocycles. The van der Waals surface area contributed by atoms with Crippen LogP contribution in [-0.4, -0.2) is 23.0 Å². The number of benzene rings is 2. The molecule has 0 aliphatic carbocycles. The van der Waals surface area contributed by atoms with E-state index < -0.39 is 5.97 Å². The summed E-state index contributed by atoms with van der Waals surface area (Å²) in [7, 11) is 1.39. The maximum absolute atomic E-state index is 12.4. The molecule has 0 amide bonds. The number of ether oxygens (including phenoxy) is 2. The Morgan fingerprint density at radius 2 is 1.74 bits per heavy atom. The molecule has 1 heterocycles. The fourth-order valence-electron chi connectivity index (χ4n) is 2.06. The Balaban J connectivity index is 1.96. The third kappa shape index (κ3) is 3.06. The van der Waals surface area contributed by atoms with Crippen LogP contribution in [0.3, 0.4) is 0 Å². The molecule has 3 rings (SSSR count). The Morgan fingerprint density at radius 3 is 2.48 bits per heavy atom. The minimum atomic E-state index is -0.723. The third-order valence-electron chi connectivity index (χ3n) is 3.09. The van der Waals surface area contributed by atoms with Gasteiger partial charge in [-0.15, -0.1) is 0 Å². The Hall–Kier alpha value is -2.37. The summed E-state index contributed by atoms with van der Waals surface area (Å²) in [6.07, 6.45) is 1.37. The largest absolute Gasteiger partial charge is 0.494 e. The highest BCUT2D eigenvalue weighted by molar-refractivity contribution is 6.37. The van der Waals surface area contributed by atoms with Crippen molar-refractivity contribution in [3.8, 4) is 11.6 Å². The molecule has 2 aromatic carbocycles. The van der Waals surface area contributed by atoms with Crippen LogP contribution in [-0.2, 0) is 0 Å². The van der Waals surface area contributed by atoms with Crippen molar-refractivity contribution in [2.45, 2.75) is 0 Å². The number of aromatic nitrogens is 2. The van der Waals surface area contributed by atoms with Crippen molar-refractivity contribution in [3.05, 3.63) is 58.2 Å². The average molecular weight is 349 g/mol. The van der Waals surface area contributed by atoms with Gasteiger partial charge in [0.25, 0.3) is 0 Å². The van der Waals surface area contributed by atoms with E-state index in [2.05, 4.69) is 9.97 Å². The summed E-state index contributed by atoms with van der Waals surface area (Å²) in [6.45, 7) is 0. The topological polar surface area (TPSA) is 61.3 Å². The van der Waals surface area contributed by atoms with Crippen molar-refractivity contribution in [1.82, 2.24) is 9.97 Å². The van der Waals surface area contributed by atoms with E-state index in [1.807, 2.05) is 18.2 Å². The number of halogens is 2. The molecule has 23 heavy (non-hydrogen) atoms. The highest BCUT2D eigenvalue weighted by atomic mass is 35.5. The molecule has 0 aliphatic heterocycles. The van der Waals surface area contributed by atoms with Gasteiger partial charge in [0.05, 0.1) is 34.4 Å². The van der Waals surface area contributed by atoms with Crippen LogP contribution in [0.1, 0.15) is 10.4 Å². The van der Waals surface area contributed by atoms with Crippen molar-refractivity contribution < 1.29 is 14.3 Å². The number of carbonyl (C=O) groups is 1. The summed E-state index contributed by atoms with van der Waals surface area (Å²) in [5.74, 6) is -0.511. The van der Waals surface area contributed by atoms with Crippen molar-refractivity contribution in [2.75, 3.05) is 7.11 Å². The van der Waals surface area contributed by atoms with Crippen LogP contribution >= 0.6 is 23.2 Å². The van der Waals surface area contributed by atoms with Gasteiger partial charge < -0.3 is 9.47 Å². The summed E-state index contributed by atoms with van der Waals surface area (Å²) in [5, 5.41) is 0.429. The van der Waals surface area contributed by atoms with Gasteiger partial charge in [-0.05, 0) is 24.3 Å². The summed E-state index contributed by atoms with van der Waals surface area (Å²) in [6, 6.07) is 10.3. The van der Waals surface area contributed by atoms with Crippen LogP contribution in [0.5, 0.6) is 11.6 Å². The molecule has 0 spiro atoms. The van der Waals surface area contributed by atoms with E-state index in [9.17, 15) is 4.79 Å². The highest BCUT2D eigenvalue weighted by Crippen LogP contribution is 2.34. The van der Waals surface area contributed by atoms with Gasteiger partial charge in [-0.25, -0.2) is 14.8 Å². The number of hydrogen-bond acceptors (Lipinski definition) is 5. The Labute approximate surface area is 141 Å². The zero-order valence-electron chi connectivity index (χ0n) is 11.9. The van der Waals surface area contributed by atoms with Gasteiger partial charge in [0, 0.05) is 0 Å². The maximum Gasteiger partial charge on any atom is 0.350 e. The van der Waals surface area contributed by atoms with Gasteiger partial charge in [0.1, 0.15) is 5.56 Å². The molecule has 1 aromatic heterocycles. The highest BCUT2D eigenvalue weighted by Gasteiger charge is 2.22. The zero-order chi connectivity index (χ0) is 16.4. The SMILES string of the molecule is COc1c(Cl)ccc(Cl)c1C(=O)Oc1cnc2ccccc2n1. The number of para-hydroxylation sites is 2. The first-order chi connectivity index (χ1) is 11.1. The minimum absolute atomic E-state index is 0.0385. The second-order valence-corrected chi connectivity index (χ2v) is 5.34. The number of rotatable bonds is 3. The van der Waals surface area contributed by atoms with Gasteiger partial charge in [-0.2, -0.15) is 0 Å². The summed E-state index contributed by atoms with van der Waals surface area (Å²) in [4.78, 5) is 20.8. The zero-order valence-corrected chi connectivity index (χ0v) is 13.4. The molecule has 0 aliphatic rings. The molecule has 5 nitrogen and oxygen atoms in total. The molecule has 0 atom stereocenters. The van der Waals surface area contributed by atoms with Crippen LogP contribution in [0.4, 0.5) is 0 Å². The van der Waals surface area contributed by atoms with E-state index in [-0.39, 0.29) is 27.2 Å². The number of nitrogens with zero attached hydrogens (tertiary/aromatic N) is 2. The van der Waals surface area contributed by atoms with E-state index in [0.717, 1.165) is 0 Å². The number of hydrogen-bond donors (Lipinski definition) is 0. The fraction of sp³-hybridized carbons (Fsp3) is 0.0625. The number of fused-ring (bicyclic) bond motifs is 1. The maximum atomic E-state index is 12.4. The molecule has 0 unspecified atom stereocenters. The standard InChI is InChI=1S/C16H10Cl2N2O3/c1-22-15-10(18)7-6-9(17)14(15)16(21)23-13-8-19-11-4-2-3-5-12(11)20-13/h2-8H,1H3. The predicted molar refractivity (Wildman–Crippen MR) is 87.5 cm³/mol. The molecule has 0 bridgehead atoms. The Kier molecular flexibility index (Phi) is 4.32. The molecule has 7 heteroatoms. The number of methoxy groups -OCH3 is 1. The molecule has 0 saturated carbocycles. The average Bonchev–Trinajstić information content (AvgIpc) is 2.56. The molecule has 3 aromatic rings. The summed E-state index contributed by atoms with van der Waals surface area (Å²) < 4.78 is 10.4. The van der Waals surface area contributed by atoms with Crippen LogP contribution in [0.25, 0.3) is 11.0 Å². The van der Waals surface area contributed by atoms with Crippen molar-refractivity contribution in [2.24, 2.45) is 0 Å². The quantitative estimate of drug-likeness (QED) is 0.665. The second kappa shape index (κ2) is 6.40. The van der Waals surface area contributed by atoms with Crippen molar-refractivity contribution >= 4 is 40.2 Å². The van der Waals surface area contributed by atoms with Crippen LogP contribution < -0.4 is 9.47 Å². The van der Waals surface area contributed by atoms with Gasteiger partial charge in [-0.3, -0.25) is 0 Å². The summed E-state index contributed by atoms with van der Waals surface area (Å²) >= 11 is 12.1. The second-order valence-electron chi connectivity index (χ2n) is 4.52. The van der Waals surface area contributed by atoms with E-state index in [4.69, 9.17) is 32.7 Å². The van der Waals surface area contributed by atoms with Gasteiger partial charge in [0.15, 0.2) is 5.75 Å². The van der Waals surface area contributed by atoms with E-state index in [1.54, 1.807) is 6.07 Å². The first-order valence-electron chi connectivity index (χ1n) is 6.56. The minimum Gasteiger partial charge on any atom is -0.494 e.